The van der Waals surface area contributed by atoms with E-state index in [-0.39, 0.29) is 18.7 Å². The van der Waals surface area contributed by atoms with E-state index in [0.29, 0.717) is 25.3 Å². The van der Waals surface area contributed by atoms with E-state index < -0.39 is 23.3 Å². The molecule has 0 spiro atoms. The van der Waals surface area contributed by atoms with Crippen molar-refractivity contribution in [3.8, 4) is 0 Å². The van der Waals surface area contributed by atoms with Gasteiger partial charge in [0.25, 0.3) is 0 Å². The Balaban J connectivity index is 4.31. The molecule has 0 aromatic rings. The Bertz CT molecular complexity index is 741. The molecule has 0 saturated heterocycles. The summed E-state index contributed by atoms with van der Waals surface area (Å²) in [5, 5.41) is 30.7. The fourth-order valence-electron chi connectivity index (χ4n) is 6.25. The van der Waals surface area contributed by atoms with Crippen molar-refractivity contribution in [1.29, 1.82) is 0 Å². The molecule has 0 unspecified atom stereocenters. The normalized spacial score (nSPS) is 11.6. The summed E-state index contributed by atoms with van der Waals surface area (Å²) in [4.78, 5) is 47.0. The Hall–Kier alpha value is -2.12. The summed E-state index contributed by atoms with van der Waals surface area (Å²) >= 11 is 0. The monoisotopic (exact) mass is 654 g/mol. The summed E-state index contributed by atoms with van der Waals surface area (Å²) < 4.78 is 0. The van der Waals surface area contributed by atoms with E-state index in [1.165, 1.54) is 64.2 Å². The molecule has 0 aromatic heterocycles. The van der Waals surface area contributed by atoms with Crippen LogP contribution in [0.25, 0.3) is 0 Å². The molecule has 0 radical (unpaired) electrons. The van der Waals surface area contributed by atoms with Gasteiger partial charge in [-0.1, -0.05) is 155 Å². The van der Waals surface area contributed by atoms with Gasteiger partial charge in [-0.15, -0.1) is 0 Å². The zero-order valence-electron chi connectivity index (χ0n) is 29.8. The molecule has 0 rings (SSSR count). The van der Waals surface area contributed by atoms with E-state index in [4.69, 9.17) is 10.2 Å². The molecule has 0 fully saturated rings. The summed E-state index contributed by atoms with van der Waals surface area (Å²) in [6.45, 7) is 4.73. The van der Waals surface area contributed by atoms with Gasteiger partial charge in [-0.2, -0.15) is 0 Å². The summed E-state index contributed by atoms with van der Waals surface area (Å²) in [5.74, 6) is -2.23. The van der Waals surface area contributed by atoms with Crippen molar-refractivity contribution in [2.45, 2.75) is 200 Å². The summed E-state index contributed by atoms with van der Waals surface area (Å²) in [7, 11) is 0. The molecule has 1 amide bonds. The minimum atomic E-state index is -1.33. The number of hydrogen-bond acceptors (Lipinski definition) is 4. The number of aliphatic carboxylic acids is 3. The van der Waals surface area contributed by atoms with Crippen molar-refractivity contribution in [2.75, 3.05) is 6.54 Å². The second-order valence-corrected chi connectivity index (χ2v) is 14.1. The van der Waals surface area contributed by atoms with Gasteiger partial charge in [-0.25, -0.2) is 0 Å². The van der Waals surface area contributed by atoms with Crippen LogP contribution >= 0.6 is 0 Å². The van der Waals surface area contributed by atoms with Crippen LogP contribution in [0.2, 0.25) is 0 Å². The highest BCUT2D eigenvalue weighted by molar-refractivity contribution is 6.01. The van der Waals surface area contributed by atoms with Crippen LogP contribution in [0.15, 0.2) is 0 Å². The van der Waals surface area contributed by atoms with Gasteiger partial charge in [-0.05, 0) is 38.0 Å². The topological polar surface area (TPSA) is 141 Å². The van der Waals surface area contributed by atoms with Crippen LogP contribution in [0.4, 0.5) is 0 Å². The predicted octanol–water partition coefficient (Wildman–Crippen LogP) is 10.3. The van der Waals surface area contributed by atoms with Crippen LogP contribution in [0.1, 0.15) is 200 Å². The first kappa shape index (κ1) is 43.9. The molecule has 0 bridgehead atoms. The van der Waals surface area contributed by atoms with Gasteiger partial charge in [0.2, 0.25) is 5.91 Å². The number of carbonyl (C=O) groups excluding carboxylic acids is 1. The molecule has 4 N–H and O–H groups in total. The van der Waals surface area contributed by atoms with Crippen molar-refractivity contribution in [1.82, 2.24) is 5.32 Å². The first-order valence-corrected chi connectivity index (χ1v) is 19.1. The maximum Gasteiger partial charge on any atom is 0.319 e. The lowest BCUT2D eigenvalue weighted by molar-refractivity contribution is -0.157. The van der Waals surface area contributed by atoms with Crippen LogP contribution in [0.5, 0.6) is 0 Å². The smallest absolute Gasteiger partial charge is 0.319 e. The van der Waals surface area contributed by atoms with Gasteiger partial charge in [0.15, 0.2) is 0 Å². The zero-order valence-corrected chi connectivity index (χ0v) is 29.8. The van der Waals surface area contributed by atoms with E-state index in [9.17, 15) is 24.3 Å². The van der Waals surface area contributed by atoms with Gasteiger partial charge in [0, 0.05) is 19.4 Å². The second-order valence-electron chi connectivity index (χ2n) is 14.1. The largest absolute Gasteiger partial charge is 0.481 e. The third kappa shape index (κ3) is 26.0. The number of rotatable bonds is 35. The molecular weight excluding hydrogens is 582 g/mol. The van der Waals surface area contributed by atoms with Crippen LogP contribution in [-0.4, -0.2) is 45.7 Å². The number of unbranched alkanes of at least 4 members (excludes halogenated alkanes) is 22. The number of amides is 1. The van der Waals surface area contributed by atoms with E-state index in [1.807, 2.05) is 0 Å². The first-order valence-electron chi connectivity index (χ1n) is 19.1. The molecule has 0 aliphatic carbocycles. The zero-order chi connectivity index (χ0) is 34.3. The van der Waals surface area contributed by atoms with Crippen LogP contribution in [0, 0.1) is 11.3 Å². The third-order valence-corrected chi connectivity index (χ3v) is 9.34. The number of carboxylic acids is 3. The minimum Gasteiger partial charge on any atom is -0.481 e. The first-order chi connectivity index (χ1) is 22.1. The molecule has 8 heteroatoms. The van der Waals surface area contributed by atoms with E-state index in [0.717, 1.165) is 96.3 Å². The lowest BCUT2D eigenvalue weighted by Crippen LogP contribution is -2.47. The molecule has 270 valence electrons. The van der Waals surface area contributed by atoms with Gasteiger partial charge >= 0.3 is 17.9 Å². The van der Waals surface area contributed by atoms with Crippen LogP contribution in [-0.2, 0) is 19.2 Å². The third-order valence-electron chi connectivity index (χ3n) is 9.34. The number of carboxylic acid groups (broad SMARTS) is 3. The Morgan fingerprint density at radius 3 is 1.02 bits per heavy atom. The number of nitrogens with one attached hydrogen (secondary N) is 1. The molecule has 0 heterocycles. The number of hydrogen-bond donors (Lipinski definition) is 4. The Morgan fingerprint density at radius 1 is 0.478 bits per heavy atom. The molecule has 0 aliphatic heterocycles. The molecule has 46 heavy (non-hydrogen) atoms. The number of carbonyl (C=O) groups is 4. The predicted molar refractivity (Wildman–Crippen MR) is 187 cm³/mol. The Labute approximate surface area is 281 Å². The van der Waals surface area contributed by atoms with Gasteiger partial charge in [-0.3, -0.25) is 19.2 Å². The highest BCUT2D eigenvalue weighted by Crippen LogP contribution is 2.33. The maximum absolute atomic E-state index is 13.3. The summed E-state index contributed by atoms with van der Waals surface area (Å²) in [5.41, 5.74) is -1.33. The van der Waals surface area contributed by atoms with Crippen molar-refractivity contribution < 1.29 is 34.5 Å². The molecule has 0 atom stereocenters. The van der Waals surface area contributed by atoms with Gasteiger partial charge in [0.1, 0.15) is 5.41 Å². The summed E-state index contributed by atoms with van der Waals surface area (Å²) in [6.07, 6.45) is 27.9. The lowest BCUT2D eigenvalue weighted by Gasteiger charge is -2.29. The fourth-order valence-corrected chi connectivity index (χ4v) is 6.25. The quantitative estimate of drug-likeness (QED) is 0.0394. The molecule has 8 nitrogen and oxygen atoms in total. The SMILES string of the molecule is CC(C)CCNC(=O)C(CCCCCCCCCCCCCCC(=O)O)(CCCCCCCCCCCCCCC(=O)O)C(=O)O. The average molecular weight is 654 g/mol. The van der Waals surface area contributed by atoms with Crippen LogP contribution in [0.3, 0.4) is 0 Å². The van der Waals surface area contributed by atoms with E-state index in [2.05, 4.69) is 19.2 Å². The molecule has 0 aliphatic rings. The standard InChI is InChI=1S/C38H71NO7/c1-33(2)29-32-39-36(44)38(37(45)46,30-25-21-17-13-9-5-3-7-11-15-19-23-27-34(40)41)31-26-22-18-14-10-6-4-8-12-16-20-24-28-35(42)43/h33H,3-32H2,1-2H3,(H,39,44)(H,40,41)(H,42,43)(H,45,46). The van der Waals surface area contributed by atoms with Crippen molar-refractivity contribution in [3.05, 3.63) is 0 Å². The van der Waals surface area contributed by atoms with Crippen molar-refractivity contribution in [2.24, 2.45) is 11.3 Å². The summed E-state index contributed by atoms with van der Waals surface area (Å²) in [6, 6.07) is 0. The maximum atomic E-state index is 13.3. The van der Waals surface area contributed by atoms with Gasteiger partial charge in [0.05, 0.1) is 0 Å². The Kier molecular flexibility index (Phi) is 28.8. The second kappa shape index (κ2) is 30.2. The Morgan fingerprint density at radius 2 is 0.761 bits per heavy atom. The van der Waals surface area contributed by atoms with E-state index in [1.54, 1.807) is 0 Å². The molecular formula is C38H71NO7. The van der Waals surface area contributed by atoms with Gasteiger partial charge < -0.3 is 20.6 Å². The van der Waals surface area contributed by atoms with Crippen molar-refractivity contribution >= 4 is 23.8 Å². The van der Waals surface area contributed by atoms with E-state index >= 15 is 0 Å². The minimum absolute atomic E-state index is 0.277. The highest BCUT2D eigenvalue weighted by atomic mass is 16.4. The fraction of sp³-hybridized carbons (Fsp3) is 0.895. The lowest BCUT2D eigenvalue weighted by atomic mass is 9.76. The van der Waals surface area contributed by atoms with Crippen LogP contribution < -0.4 is 5.32 Å². The highest BCUT2D eigenvalue weighted by Gasteiger charge is 2.44. The van der Waals surface area contributed by atoms with Crippen molar-refractivity contribution in [3.63, 3.8) is 0 Å². The molecule has 0 saturated carbocycles. The average Bonchev–Trinajstić information content (AvgIpc) is 2.99. The molecule has 0 aromatic carbocycles.